The van der Waals surface area contributed by atoms with E-state index in [1.54, 1.807) is 0 Å². The highest BCUT2D eigenvalue weighted by Gasteiger charge is 2.22. The van der Waals surface area contributed by atoms with Crippen molar-refractivity contribution >= 4 is 18.3 Å². The second-order valence-electron chi connectivity index (χ2n) is 6.68. The molecule has 1 saturated heterocycles. The van der Waals surface area contributed by atoms with Crippen molar-refractivity contribution in [3.8, 4) is 5.75 Å². The minimum absolute atomic E-state index is 0. The zero-order valence-corrected chi connectivity index (χ0v) is 16.2. The lowest BCUT2D eigenvalue weighted by molar-refractivity contribution is -0.133. The van der Waals surface area contributed by atoms with Gasteiger partial charge in [-0.1, -0.05) is 36.4 Å². The zero-order chi connectivity index (χ0) is 17.6. The molecule has 1 atom stereocenters. The Labute approximate surface area is 162 Å². The molecule has 2 aromatic carbocycles. The molecule has 5 heteroatoms. The van der Waals surface area contributed by atoms with Gasteiger partial charge in [0.15, 0.2) is 0 Å². The zero-order valence-electron chi connectivity index (χ0n) is 15.4. The van der Waals surface area contributed by atoms with Crippen molar-refractivity contribution in [3.05, 3.63) is 65.2 Å². The van der Waals surface area contributed by atoms with Crippen molar-refractivity contribution in [1.29, 1.82) is 0 Å². The Balaban J connectivity index is 0.00000243. The Morgan fingerprint density at radius 1 is 1.23 bits per heavy atom. The van der Waals surface area contributed by atoms with E-state index in [0.29, 0.717) is 13.0 Å². The van der Waals surface area contributed by atoms with Crippen LogP contribution in [-0.2, 0) is 17.8 Å². The molecule has 1 fully saturated rings. The molecule has 26 heavy (non-hydrogen) atoms. The minimum atomic E-state index is 0. The minimum Gasteiger partial charge on any atom is -0.489 e. The van der Waals surface area contributed by atoms with E-state index in [1.807, 2.05) is 41.3 Å². The highest BCUT2D eigenvalue weighted by molar-refractivity contribution is 5.85. The molecule has 1 amide bonds. The van der Waals surface area contributed by atoms with Crippen LogP contribution in [0.15, 0.2) is 48.5 Å². The number of carbonyl (C=O) groups is 1. The fraction of sp³-hybridized carbons (Fsp3) is 0.381. The first kappa shape index (κ1) is 20.3. The molecule has 0 aromatic heterocycles. The standard InChI is InChI=1S/C21H26N2O2.ClH/c1-16-6-3-4-8-19(16)15-25-20-9-5-7-18(12-20)13-21(24)23-11-10-22-14-17(23)2;/h3-9,12,17,22H,10-11,13-15H2,1-2H3;1H/t17-;/m1./s1. The van der Waals surface area contributed by atoms with E-state index in [1.165, 1.54) is 11.1 Å². The van der Waals surface area contributed by atoms with Crippen LogP contribution in [0, 0.1) is 6.92 Å². The van der Waals surface area contributed by atoms with Gasteiger partial charge in [-0.05, 0) is 42.7 Å². The van der Waals surface area contributed by atoms with Crippen molar-refractivity contribution in [2.24, 2.45) is 0 Å². The normalized spacial score (nSPS) is 16.7. The number of amides is 1. The van der Waals surface area contributed by atoms with E-state index < -0.39 is 0 Å². The summed E-state index contributed by atoms with van der Waals surface area (Å²) in [6.07, 6.45) is 0.423. The number of rotatable bonds is 5. The monoisotopic (exact) mass is 374 g/mol. The third-order valence-electron chi connectivity index (χ3n) is 4.73. The third kappa shape index (κ3) is 5.23. The van der Waals surface area contributed by atoms with Crippen LogP contribution in [0.4, 0.5) is 0 Å². The summed E-state index contributed by atoms with van der Waals surface area (Å²) >= 11 is 0. The van der Waals surface area contributed by atoms with Crippen molar-refractivity contribution in [2.45, 2.75) is 32.9 Å². The lowest BCUT2D eigenvalue weighted by Crippen LogP contribution is -2.52. The molecule has 0 saturated carbocycles. The van der Waals surface area contributed by atoms with Gasteiger partial charge in [-0.15, -0.1) is 12.4 Å². The van der Waals surface area contributed by atoms with Crippen LogP contribution in [0.3, 0.4) is 0 Å². The Morgan fingerprint density at radius 3 is 2.81 bits per heavy atom. The molecule has 1 aliphatic heterocycles. The fourth-order valence-corrected chi connectivity index (χ4v) is 3.17. The van der Waals surface area contributed by atoms with Gasteiger partial charge in [-0.2, -0.15) is 0 Å². The summed E-state index contributed by atoms with van der Waals surface area (Å²) in [6, 6.07) is 16.3. The van der Waals surface area contributed by atoms with Crippen molar-refractivity contribution in [1.82, 2.24) is 10.2 Å². The first-order valence-electron chi connectivity index (χ1n) is 8.90. The lowest BCUT2D eigenvalue weighted by Gasteiger charge is -2.34. The van der Waals surface area contributed by atoms with Crippen molar-refractivity contribution in [3.63, 3.8) is 0 Å². The average molecular weight is 375 g/mol. The number of halogens is 1. The van der Waals surface area contributed by atoms with Crippen molar-refractivity contribution < 1.29 is 9.53 Å². The van der Waals surface area contributed by atoms with E-state index in [4.69, 9.17) is 4.74 Å². The maximum absolute atomic E-state index is 12.6. The number of hydrogen-bond donors (Lipinski definition) is 1. The number of carbonyl (C=O) groups excluding carboxylic acids is 1. The molecule has 0 bridgehead atoms. The molecule has 140 valence electrons. The van der Waals surface area contributed by atoms with Gasteiger partial charge in [0.1, 0.15) is 12.4 Å². The Kier molecular flexibility index (Phi) is 7.49. The number of ether oxygens (including phenoxy) is 1. The van der Waals surface area contributed by atoms with Gasteiger partial charge in [0.05, 0.1) is 6.42 Å². The molecule has 0 spiro atoms. The predicted octanol–water partition coefficient (Wildman–Crippen LogP) is 3.36. The molecule has 0 aliphatic carbocycles. The topological polar surface area (TPSA) is 41.6 Å². The maximum Gasteiger partial charge on any atom is 0.227 e. The van der Waals surface area contributed by atoms with Crippen molar-refractivity contribution in [2.75, 3.05) is 19.6 Å². The number of nitrogens with one attached hydrogen (secondary N) is 1. The van der Waals surface area contributed by atoms with Gasteiger partial charge >= 0.3 is 0 Å². The molecule has 1 N–H and O–H groups in total. The van der Waals surface area contributed by atoms with Crippen LogP contribution < -0.4 is 10.1 Å². The summed E-state index contributed by atoms with van der Waals surface area (Å²) in [6.45, 7) is 7.23. The molecule has 0 radical (unpaired) electrons. The molecular weight excluding hydrogens is 348 g/mol. The fourth-order valence-electron chi connectivity index (χ4n) is 3.17. The number of hydrogen-bond acceptors (Lipinski definition) is 3. The van der Waals surface area contributed by atoms with E-state index >= 15 is 0 Å². The number of benzene rings is 2. The predicted molar refractivity (Wildman–Crippen MR) is 107 cm³/mol. The third-order valence-corrected chi connectivity index (χ3v) is 4.73. The summed E-state index contributed by atoms with van der Waals surface area (Å²) in [5.74, 6) is 0.993. The van der Waals surface area contributed by atoms with E-state index in [9.17, 15) is 4.79 Å². The first-order valence-corrected chi connectivity index (χ1v) is 8.90. The van der Waals surface area contributed by atoms with Crippen LogP contribution in [0.25, 0.3) is 0 Å². The van der Waals surface area contributed by atoms with Gasteiger partial charge in [-0.3, -0.25) is 4.79 Å². The number of piperazine rings is 1. The second-order valence-corrected chi connectivity index (χ2v) is 6.68. The lowest BCUT2D eigenvalue weighted by atomic mass is 10.1. The molecule has 2 aromatic rings. The molecular formula is C21H27ClN2O2. The molecule has 0 unspecified atom stereocenters. The molecule has 1 heterocycles. The van der Waals surface area contributed by atoms with Gasteiger partial charge in [-0.25, -0.2) is 0 Å². The Hall–Kier alpha value is -2.04. The SMILES string of the molecule is Cc1ccccc1COc1cccc(CC(=O)N2CCNC[C@H]2C)c1.Cl. The molecule has 4 nitrogen and oxygen atoms in total. The van der Waals surface area contributed by atoms with Gasteiger partial charge in [0.25, 0.3) is 0 Å². The first-order chi connectivity index (χ1) is 12.1. The molecule has 3 rings (SSSR count). The number of aryl methyl sites for hydroxylation is 1. The molecule has 1 aliphatic rings. The summed E-state index contributed by atoms with van der Waals surface area (Å²) in [5.41, 5.74) is 3.40. The van der Waals surface area contributed by atoms with Crippen LogP contribution in [-0.4, -0.2) is 36.5 Å². The summed E-state index contributed by atoms with van der Waals surface area (Å²) in [4.78, 5) is 14.5. The number of nitrogens with zero attached hydrogens (tertiary/aromatic N) is 1. The maximum atomic E-state index is 12.6. The smallest absolute Gasteiger partial charge is 0.227 e. The summed E-state index contributed by atoms with van der Waals surface area (Å²) in [5, 5.41) is 3.32. The van der Waals surface area contributed by atoms with Crippen LogP contribution in [0.5, 0.6) is 5.75 Å². The Bertz CT molecular complexity index is 735. The quantitative estimate of drug-likeness (QED) is 0.872. The highest BCUT2D eigenvalue weighted by atomic mass is 35.5. The van der Waals surface area contributed by atoms with E-state index in [0.717, 1.165) is 30.9 Å². The van der Waals surface area contributed by atoms with Crippen LogP contribution in [0.2, 0.25) is 0 Å². The largest absolute Gasteiger partial charge is 0.489 e. The Morgan fingerprint density at radius 2 is 2.04 bits per heavy atom. The summed E-state index contributed by atoms with van der Waals surface area (Å²) in [7, 11) is 0. The van der Waals surface area contributed by atoms with Gasteiger partial charge < -0.3 is 15.0 Å². The average Bonchev–Trinajstić information content (AvgIpc) is 2.62. The van der Waals surface area contributed by atoms with E-state index in [-0.39, 0.29) is 24.4 Å². The highest BCUT2D eigenvalue weighted by Crippen LogP contribution is 2.18. The van der Waals surface area contributed by atoms with Gasteiger partial charge in [0, 0.05) is 25.7 Å². The summed E-state index contributed by atoms with van der Waals surface area (Å²) < 4.78 is 5.93. The van der Waals surface area contributed by atoms with Gasteiger partial charge in [0.2, 0.25) is 5.91 Å². The van der Waals surface area contributed by atoms with Crippen LogP contribution >= 0.6 is 12.4 Å². The second kappa shape index (κ2) is 9.60. The van der Waals surface area contributed by atoms with Crippen LogP contribution in [0.1, 0.15) is 23.6 Å². The van der Waals surface area contributed by atoms with E-state index in [2.05, 4.69) is 31.3 Å².